The molecule has 0 aliphatic carbocycles. The summed E-state index contributed by atoms with van der Waals surface area (Å²) < 4.78 is 4.50. The van der Waals surface area contributed by atoms with E-state index in [0.29, 0.717) is 0 Å². The molecule has 0 unspecified atom stereocenters. The van der Waals surface area contributed by atoms with Crippen LogP contribution in [0.3, 0.4) is 0 Å². The number of aryl methyl sites for hydroxylation is 1. The fraction of sp³-hybridized carbons (Fsp3) is 0.167. The van der Waals surface area contributed by atoms with Crippen molar-refractivity contribution in [2.24, 2.45) is 0 Å². The molecule has 0 aromatic heterocycles. The summed E-state index contributed by atoms with van der Waals surface area (Å²) in [5, 5.41) is 19.5. The molecule has 17 heavy (non-hydrogen) atoms. The third-order valence-electron chi connectivity index (χ3n) is 2.50. The van der Waals surface area contributed by atoms with Crippen LogP contribution in [0.1, 0.15) is 11.1 Å². The molecule has 2 rings (SSSR count). The van der Waals surface area contributed by atoms with Crippen LogP contribution in [0.15, 0.2) is 23.8 Å². The molecule has 1 aliphatic heterocycles. The van der Waals surface area contributed by atoms with Gasteiger partial charge < -0.3 is 14.9 Å². The molecule has 1 saturated heterocycles. The molecule has 0 amide bonds. The molecule has 1 aromatic rings. The monoisotopic (exact) mass is 234 g/mol. The van der Waals surface area contributed by atoms with E-state index in [4.69, 9.17) is 0 Å². The van der Waals surface area contributed by atoms with Crippen LogP contribution in [0.5, 0.6) is 5.75 Å². The highest BCUT2D eigenvalue weighted by atomic mass is 16.5. The number of esters is 1. The van der Waals surface area contributed by atoms with E-state index >= 15 is 0 Å². The normalized spacial score (nSPS) is 18.2. The number of Topliss-reactive ketones (excluding diaryl/α,β-unsaturated/α-hetero) is 1. The Morgan fingerprint density at radius 1 is 1.35 bits per heavy atom. The summed E-state index contributed by atoms with van der Waals surface area (Å²) in [5.74, 6) is -2.43. The Labute approximate surface area is 97.0 Å². The number of hydrogen-bond acceptors (Lipinski definition) is 5. The van der Waals surface area contributed by atoms with Gasteiger partial charge in [-0.25, -0.2) is 4.79 Å². The average molecular weight is 234 g/mol. The van der Waals surface area contributed by atoms with E-state index in [9.17, 15) is 19.8 Å². The highest BCUT2D eigenvalue weighted by Gasteiger charge is 2.32. The quantitative estimate of drug-likeness (QED) is 0.329. The van der Waals surface area contributed by atoms with Crippen molar-refractivity contribution in [1.29, 1.82) is 0 Å². The maximum absolute atomic E-state index is 11.3. The second-order valence-corrected chi connectivity index (χ2v) is 3.75. The van der Waals surface area contributed by atoms with Gasteiger partial charge in [0.1, 0.15) is 18.1 Å². The fourth-order valence-electron chi connectivity index (χ4n) is 1.57. The first kappa shape index (κ1) is 11.2. The maximum Gasteiger partial charge on any atom is 0.379 e. The summed E-state index contributed by atoms with van der Waals surface area (Å²) in [6.07, 6.45) is 0. The van der Waals surface area contributed by atoms with Crippen LogP contribution in [0.4, 0.5) is 0 Å². The number of hydrogen-bond donors (Lipinski definition) is 2. The van der Waals surface area contributed by atoms with Crippen LogP contribution in [0.2, 0.25) is 0 Å². The molecular formula is C12H10O5. The largest absolute Gasteiger partial charge is 0.507 e. The lowest BCUT2D eigenvalue weighted by molar-refractivity contribution is -0.146. The van der Waals surface area contributed by atoms with E-state index in [-0.39, 0.29) is 23.5 Å². The molecule has 5 heteroatoms. The lowest BCUT2D eigenvalue weighted by Gasteiger charge is -2.06. The summed E-state index contributed by atoms with van der Waals surface area (Å²) in [4.78, 5) is 22.2. The number of ketones is 1. The molecule has 0 radical (unpaired) electrons. The Balaban J connectivity index is 2.53. The Hall–Kier alpha value is -2.30. The molecule has 0 atom stereocenters. The molecule has 0 saturated carbocycles. The minimum Gasteiger partial charge on any atom is -0.507 e. The van der Waals surface area contributed by atoms with Gasteiger partial charge in [-0.3, -0.25) is 4.79 Å². The van der Waals surface area contributed by atoms with Crippen LogP contribution in [-0.2, 0) is 14.3 Å². The zero-order valence-corrected chi connectivity index (χ0v) is 9.06. The average Bonchev–Trinajstić information content (AvgIpc) is 2.62. The van der Waals surface area contributed by atoms with E-state index < -0.39 is 17.5 Å². The van der Waals surface area contributed by atoms with Gasteiger partial charge >= 0.3 is 5.97 Å². The van der Waals surface area contributed by atoms with E-state index in [1.807, 2.05) is 0 Å². The Morgan fingerprint density at radius 3 is 2.65 bits per heavy atom. The number of carbonyl (C=O) groups is 2. The third kappa shape index (κ3) is 1.87. The number of aliphatic hydroxyl groups excluding tert-OH is 1. The van der Waals surface area contributed by atoms with Gasteiger partial charge in [0.05, 0.1) is 11.1 Å². The number of aromatic hydroxyl groups is 1. The molecular weight excluding hydrogens is 224 g/mol. The van der Waals surface area contributed by atoms with Crippen molar-refractivity contribution in [2.45, 2.75) is 6.92 Å². The molecule has 88 valence electrons. The van der Waals surface area contributed by atoms with Gasteiger partial charge in [-0.15, -0.1) is 0 Å². The number of phenols is 1. The molecule has 2 N–H and O–H groups in total. The zero-order valence-electron chi connectivity index (χ0n) is 9.06. The summed E-state index contributed by atoms with van der Waals surface area (Å²) in [7, 11) is 0. The number of rotatable bonds is 1. The lowest BCUT2D eigenvalue weighted by atomic mass is 10.0. The highest BCUT2D eigenvalue weighted by Crippen LogP contribution is 2.28. The highest BCUT2D eigenvalue weighted by molar-refractivity contribution is 6.43. The molecule has 0 bridgehead atoms. The Kier molecular flexibility index (Phi) is 2.59. The molecule has 1 aromatic carbocycles. The van der Waals surface area contributed by atoms with Crippen molar-refractivity contribution in [1.82, 2.24) is 0 Å². The van der Waals surface area contributed by atoms with E-state index in [0.717, 1.165) is 5.56 Å². The number of cyclic esters (lactones) is 1. The fourth-order valence-corrected chi connectivity index (χ4v) is 1.57. The number of benzene rings is 1. The Morgan fingerprint density at radius 2 is 2.06 bits per heavy atom. The SMILES string of the molecule is Cc1ccc(O)c(/C(O)=C2\COC(=O)C2=O)c1. The van der Waals surface area contributed by atoms with Crippen LogP contribution in [0.25, 0.3) is 5.76 Å². The minimum atomic E-state index is -0.987. The van der Waals surface area contributed by atoms with Gasteiger partial charge in [0, 0.05) is 0 Å². The zero-order chi connectivity index (χ0) is 12.6. The third-order valence-corrected chi connectivity index (χ3v) is 2.50. The summed E-state index contributed by atoms with van der Waals surface area (Å²) in [6, 6.07) is 4.59. The predicted molar refractivity (Wildman–Crippen MR) is 58.4 cm³/mol. The van der Waals surface area contributed by atoms with Crippen LogP contribution in [-0.4, -0.2) is 28.6 Å². The van der Waals surface area contributed by atoms with Gasteiger partial charge in [-0.1, -0.05) is 11.6 Å². The second-order valence-electron chi connectivity index (χ2n) is 3.75. The first-order valence-electron chi connectivity index (χ1n) is 4.94. The van der Waals surface area contributed by atoms with Gasteiger partial charge in [0.25, 0.3) is 5.78 Å². The smallest absolute Gasteiger partial charge is 0.379 e. The number of aliphatic hydroxyl groups is 1. The summed E-state index contributed by atoms with van der Waals surface area (Å²) in [5.41, 5.74) is 0.796. The number of ether oxygens (including phenoxy) is 1. The summed E-state index contributed by atoms with van der Waals surface area (Å²) in [6.45, 7) is 1.51. The lowest BCUT2D eigenvalue weighted by Crippen LogP contribution is -2.08. The van der Waals surface area contributed by atoms with Crippen LogP contribution in [0, 0.1) is 6.92 Å². The summed E-state index contributed by atoms with van der Waals surface area (Å²) >= 11 is 0. The molecule has 1 heterocycles. The van der Waals surface area contributed by atoms with Crippen LogP contribution >= 0.6 is 0 Å². The van der Waals surface area contributed by atoms with Crippen molar-refractivity contribution in [3.05, 3.63) is 34.9 Å². The maximum atomic E-state index is 11.3. The second kappa shape index (κ2) is 3.93. The molecule has 1 aliphatic rings. The van der Waals surface area contributed by atoms with Crippen LogP contribution < -0.4 is 0 Å². The van der Waals surface area contributed by atoms with Crippen molar-refractivity contribution in [3.63, 3.8) is 0 Å². The van der Waals surface area contributed by atoms with Gasteiger partial charge in [0.2, 0.25) is 0 Å². The Bertz CT molecular complexity index is 542. The van der Waals surface area contributed by atoms with E-state index in [1.54, 1.807) is 13.0 Å². The number of carbonyl (C=O) groups excluding carboxylic acids is 2. The standard InChI is InChI=1S/C12H10O5/c1-6-2-3-9(13)7(4-6)10(14)8-5-17-12(16)11(8)15/h2-4,13-14H,5H2,1H3/b10-8-. The molecule has 1 fully saturated rings. The van der Waals surface area contributed by atoms with Gasteiger partial charge in [0.15, 0.2) is 0 Å². The first-order valence-corrected chi connectivity index (χ1v) is 4.94. The van der Waals surface area contributed by atoms with Crippen molar-refractivity contribution < 1.29 is 24.5 Å². The molecule has 0 spiro atoms. The van der Waals surface area contributed by atoms with E-state index in [2.05, 4.69) is 4.74 Å². The minimum absolute atomic E-state index is 0.117. The van der Waals surface area contributed by atoms with Crippen molar-refractivity contribution >= 4 is 17.5 Å². The number of phenolic OH excluding ortho intramolecular Hbond substituents is 1. The van der Waals surface area contributed by atoms with Gasteiger partial charge in [-0.05, 0) is 19.1 Å². The molecule has 5 nitrogen and oxygen atoms in total. The predicted octanol–water partition coefficient (Wildman–Crippen LogP) is 1.10. The van der Waals surface area contributed by atoms with Crippen molar-refractivity contribution in [3.8, 4) is 5.75 Å². The van der Waals surface area contributed by atoms with Gasteiger partial charge in [-0.2, -0.15) is 0 Å². The van der Waals surface area contributed by atoms with E-state index in [1.165, 1.54) is 12.1 Å². The topological polar surface area (TPSA) is 83.8 Å². The first-order chi connectivity index (χ1) is 8.00. The van der Waals surface area contributed by atoms with Crippen molar-refractivity contribution in [2.75, 3.05) is 6.61 Å².